The van der Waals surface area contributed by atoms with Gasteiger partial charge in [-0.2, -0.15) is 0 Å². The molecular weight excluding hydrogens is 388 g/mol. The molecule has 3 rings (SSSR count). The molecule has 2 atom stereocenters. The Morgan fingerprint density at radius 3 is 1.43 bits per heavy atom. The van der Waals surface area contributed by atoms with Crippen molar-refractivity contribution in [3.05, 3.63) is 0 Å². The van der Waals surface area contributed by atoms with E-state index in [9.17, 15) is 0 Å². The maximum absolute atomic E-state index is 5.90. The van der Waals surface area contributed by atoms with Gasteiger partial charge in [0.1, 0.15) is 65.7 Å². The minimum absolute atomic E-state index is 0.283. The Morgan fingerprint density at radius 2 is 1.07 bits per heavy atom. The van der Waals surface area contributed by atoms with Crippen LogP contribution in [0, 0.1) is 23.7 Å². The Labute approximate surface area is 180 Å². The van der Waals surface area contributed by atoms with Crippen LogP contribution in [0.5, 0.6) is 0 Å². The topological polar surface area (TPSA) is 64.3 Å². The van der Waals surface area contributed by atoms with Crippen LogP contribution in [0.1, 0.15) is 13.8 Å². The summed E-state index contributed by atoms with van der Waals surface area (Å²) in [5.41, 5.74) is 0. The molecule has 3 fully saturated rings. The van der Waals surface area contributed by atoms with E-state index >= 15 is 0 Å². The van der Waals surface area contributed by atoms with Crippen LogP contribution in [-0.4, -0.2) is 104 Å². The van der Waals surface area contributed by atoms with Crippen molar-refractivity contribution >= 4 is 0 Å². The molecule has 0 aromatic carbocycles. The molecule has 168 valence electrons. The van der Waals surface area contributed by atoms with Crippen molar-refractivity contribution in [1.82, 2.24) is 0 Å². The van der Waals surface area contributed by atoms with Crippen LogP contribution in [0.25, 0.3) is 0 Å². The van der Waals surface area contributed by atoms with Gasteiger partial charge in [-0.3, -0.25) is 0 Å². The first-order valence-corrected chi connectivity index (χ1v) is 10.9. The monoisotopic (exact) mass is 424 g/mol. The van der Waals surface area contributed by atoms with E-state index in [0.717, 1.165) is 65.7 Å². The van der Waals surface area contributed by atoms with Crippen LogP contribution in [0.3, 0.4) is 0 Å². The van der Waals surface area contributed by atoms with E-state index in [2.05, 4.69) is 23.7 Å². The minimum atomic E-state index is -0.811. The predicted molar refractivity (Wildman–Crippen MR) is 109 cm³/mol. The molecule has 0 spiro atoms. The first kappa shape index (κ1) is 23.5. The third-order valence-corrected chi connectivity index (χ3v) is 5.51. The Bertz CT molecular complexity index is 573. The Morgan fingerprint density at radius 1 is 0.667 bits per heavy atom. The van der Waals surface area contributed by atoms with Gasteiger partial charge in [0.25, 0.3) is 0 Å². The average Bonchev–Trinajstić information content (AvgIpc) is 2.77. The maximum atomic E-state index is 5.90. The lowest BCUT2D eigenvalue weighted by Gasteiger charge is -2.41. The van der Waals surface area contributed by atoms with Gasteiger partial charge < -0.3 is 38.2 Å². The molecule has 0 aliphatic carbocycles. The highest BCUT2D eigenvalue weighted by Gasteiger charge is 2.40. The second kappa shape index (κ2) is 12.0. The predicted octanol–water partition coefficient (Wildman–Crippen LogP) is -2.66. The second-order valence-electron chi connectivity index (χ2n) is 8.21. The van der Waals surface area contributed by atoms with E-state index in [0.29, 0.717) is 13.2 Å². The van der Waals surface area contributed by atoms with Crippen LogP contribution in [0.4, 0.5) is 0 Å². The molecule has 3 saturated heterocycles. The lowest BCUT2D eigenvalue weighted by molar-refractivity contribution is -0.900. The first-order chi connectivity index (χ1) is 14.6. The van der Waals surface area contributed by atoms with Gasteiger partial charge in [0, 0.05) is 0 Å². The number of hydrogen-bond donors (Lipinski definition) is 2. The molecule has 0 radical (unpaired) electrons. The molecule has 8 heteroatoms. The van der Waals surface area contributed by atoms with Crippen LogP contribution in [-0.2, 0) is 28.4 Å². The highest BCUT2D eigenvalue weighted by molar-refractivity contribution is 5.00. The highest BCUT2D eigenvalue weighted by atomic mass is 16.8. The summed E-state index contributed by atoms with van der Waals surface area (Å²) in [6, 6.07) is 0. The largest absolute Gasteiger partial charge is 0.370 e. The number of hydrogen-bond acceptors (Lipinski definition) is 6. The van der Waals surface area contributed by atoms with Crippen LogP contribution < -0.4 is 9.80 Å². The van der Waals surface area contributed by atoms with E-state index in [1.54, 1.807) is 0 Å². The lowest BCUT2D eigenvalue weighted by Crippen LogP contribution is -3.14. The summed E-state index contributed by atoms with van der Waals surface area (Å²) >= 11 is 0. The summed E-state index contributed by atoms with van der Waals surface area (Å²) in [6.45, 7) is 13.9. The molecule has 3 aliphatic heterocycles. The Hall–Kier alpha value is -1.20. The molecule has 0 bridgehead atoms. The average molecular weight is 425 g/mol. The fraction of sp³-hybridized carbons (Fsp3) is 0.818. The zero-order valence-corrected chi connectivity index (χ0v) is 18.3. The Kier molecular flexibility index (Phi) is 9.38. The smallest absolute Gasteiger partial charge is 0.190 e. The van der Waals surface area contributed by atoms with E-state index in [4.69, 9.17) is 28.4 Å². The SMILES string of the molecule is C[C@@]1(OCC#CC[NH+]2CCOCC2)CO[C@@](C)(OCC#CC[NH+]2CCOCC2)CO1. The third-order valence-electron chi connectivity index (χ3n) is 5.51. The quantitative estimate of drug-likeness (QED) is 0.454. The van der Waals surface area contributed by atoms with Gasteiger partial charge in [-0.15, -0.1) is 0 Å². The zero-order valence-electron chi connectivity index (χ0n) is 18.3. The van der Waals surface area contributed by atoms with E-state index in [-0.39, 0.29) is 13.2 Å². The molecule has 0 aromatic rings. The van der Waals surface area contributed by atoms with Gasteiger partial charge in [0.2, 0.25) is 0 Å². The van der Waals surface area contributed by atoms with Crippen molar-refractivity contribution in [3.8, 4) is 23.7 Å². The maximum Gasteiger partial charge on any atom is 0.190 e. The van der Waals surface area contributed by atoms with Crippen molar-refractivity contribution in [2.24, 2.45) is 0 Å². The summed E-state index contributed by atoms with van der Waals surface area (Å²) in [7, 11) is 0. The van der Waals surface area contributed by atoms with Crippen molar-refractivity contribution in [2.45, 2.75) is 25.4 Å². The fourth-order valence-electron chi connectivity index (χ4n) is 3.35. The molecule has 2 N–H and O–H groups in total. The van der Waals surface area contributed by atoms with Gasteiger partial charge in [0.05, 0.1) is 26.4 Å². The lowest BCUT2D eigenvalue weighted by atomic mass is 10.2. The second-order valence-corrected chi connectivity index (χ2v) is 8.21. The number of morpholine rings is 2. The number of quaternary nitrogens is 2. The molecule has 3 aliphatic rings. The molecule has 0 unspecified atom stereocenters. The number of nitrogens with one attached hydrogen (secondary N) is 2. The third kappa shape index (κ3) is 8.14. The number of rotatable bonds is 6. The minimum Gasteiger partial charge on any atom is -0.370 e. The van der Waals surface area contributed by atoms with Crippen molar-refractivity contribution in [2.75, 3.05) is 92.1 Å². The summed E-state index contributed by atoms with van der Waals surface area (Å²) in [5.74, 6) is 10.9. The number of ether oxygens (including phenoxy) is 6. The van der Waals surface area contributed by atoms with E-state index in [1.807, 2.05) is 13.8 Å². The normalized spacial score (nSPS) is 30.7. The summed E-state index contributed by atoms with van der Waals surface area (Å²) in [5, 5.41) is 0. The van der Waals surface area contributed by atoms with Crippen molar-refractivity contribution in [3.63, 3.8) is 0 Å². The molecule has 0 saturated carbocycles. The Balaban J connectivity index is 1.29. The van der Waals surface area contributed by atoms with Gasteiger partial charge in [0.15, 0.2) is 11.6 Å². The molecule has 3 heterocycles. The van der Waals surface area contributed by atoms with E-state index < -0.39 is 11.6 Å². The fourth-order valence-corrected chi connectivity index (χ4v) is 3.35. The van der Waals surface area contributed by atoms with E-state index in [1.165, 1.54) is 9.80 Å². The molecule has 30 heavy (non-hydrogen) atoms. The summed E-state index contributed by atoms with van der Waals surface area (Å²) in [6.07, 6.45) is 0. The molecule has 8 nitrogen and oxygen atoms in total. The van der Waals surface area contributed by atoms with Gasteiger partial charge in [-0.05, 0) is 25.7 Å². The summed E-state index contributed by atoms with van der Waals surface area (Å²) < 4.78 is 34.1. The van der Waals surface area contributed by atoms with Crippen LogP contribution in [0.15, 0.2) is 0 Å². The highest BCUT2D eigenvalue weighted by Crippen LogP contribution is 2.26. The van der Waals surface area contributed by atoms with Gasteiger partial charge >= 0.3 is 0 Å². The van der Waals surface area contributed by atoms with Crippen LogP contribution in [0.2, 0.25) is 0 Å². The molecule has 0 aromatic heterocycles. The molecule has 0 amide bonds. The zero-order chi connectivity index (χ0) is 21.1. The van der Waals surface area contributed by atoms with Gasteiger partial charge in [-0.25, -0.2) is 0 Å². The van der Waals surface area contributed by atoms with Crippen LogP contribution >= 0.6 is 0 Å². The standard InChI is InChI=1S/C22H34N2O6/c1-21(27-13-5-3-7-23-9-15-25-16-10-23)19-30-22(2,20-29-21)28-14-6-4-8-24-11-17-26-18-12-24/h7-20H2,1-2H3/p+2/t21-,22+. The first-order valence-electron chi connectivity index (χ1n) is 10.9. The molecular formula is C22H36N2O6+2. The van der Waals surface area contributed by atoms with Crippen molar-refractivity contribution < 1.29 is 38.2 Å². The van der Waals surface area contributed by atoms with Crippen molar-refractivity contribution in [1.29, 1.82) is 0 Å². The summed E-state index contributed by atoms with van der Waals surface area (Å²) in [4.78, 5) is 2.92. The van der Waals surface area contributed by atoms with Gasteiger partial charge in [-0.1, -0.05) is 11.8 Å².